The highest BCUT2D eigenvalue weighted by atomic mass is 79.9. The zero-order valence-electron chi connectivity index (χ0n) is 14.0. The molecule has 0 saturated heterocycles. The topological polar surface area (TPSA) is 60.4 Å². The molecule has 2 heterocycles. The van der Waals surface area contributed by atoms with E-state index in [1.165, 1.54) is 0 Å². The van der Waals surface area contributed by atoms with Crippen LogP contribution in [0.3, 0.4) is 0 Å². The van der Waals surface area contributed by atoms with Crippen molar-refractivity contribution in [1.82, 2.24) is 25.9 Å². The molecule has 1 aliphatic rings. The van der Waals surface area contributed by atoms with Gasteiger partial charge in [0.2, 0.25) is 0 Å². The van der Waals surface area contributed by atoms with Gasteiger partial charge in [-0.25, -0.2) is 10.2 Å². The number of hydrogen-bond acceptors (Lipinski definition) is 5. The maximum atomic E-state index is 5.70. The van der Waals surface area contributed by atoms with Gasteiger partial charge in [-0.15, -0.1) is 10.6 Å². The van der Waals surface area contributed by atoms with Crippen molar-refractivity contribution in [3.8, 4) is 5.69 Å². The summed E-state index contributed by atoms with van der Waals surface area (Å²) in [6.07, 6.45) is 1.89. The first-order chi connectivity index (χ1) is 12.6. The smallest absolute Gasteiger partial charge is 0.177 e. The number of nitrogens with zero attached hydrogens (tertiary/aromatic N) is 3. The van der Waals surface area contributed by atoms with Gasteiger partial charge in [-0.05, 0) is 36.2 Å². The summed E-state index contributed by atoms with van der Waals surface area (Å²) >= 11 is 9.16. The molecule has 2 aromatic carbocycles. The van der Waals surface area contributed by atoms with Gasteiger partial charge in [0.05, 0.1) is 17.8 Å². The average Bonchev–Trinajstić information content (AvgIpc) is 3.24. The van der Waals surface area contributed by atoms with Gasteiger partial charge in [-0.1, -0.05) is 58.5 Å². The number of halogens is 1. The second-order valence-corrected chi connectivity index (χ2v) is 7.29. The SMILES string of the molecule is Cc1ccccc1-n1[nH]cc(C2=NNNN2Cc2ccc(Br)cc2)c1=S. The fourth-order valence-electron chi connectivity index (χ4n) is 2.87. The highest BCUT2D eigenvalue weighted by Crippen LogP contribution is 2.18. The minimum atomic E-state index is 0.656. The van der Waals surface area contributed by atoms with Crippen LogP contribution < -0.4 is 11.1 Å². The van der Waals surface area contributed by atoms with Gasteiger partial charge in [0, 0.05) is 10.7 Å². The number of benzene rings is 2. The summed E-state index contributed by atoms with van der Waals surface area (Å²) in [6, 6.07) is 16.3. The number of amidine groups is 1. The first-order valence-electron chi connectivity index (χ1n) is 8.10. The maximum Gasteiger partial charge on any atom is 0.177 e. The van der Waals surface area contributed by atoms with Crippen molar-refractivity contribution in [2.45, 2.75) is 13.5 Å². The molecule has 0 bridgehead atoms. The number of nitrogens with one attached hydrogen (secondary N) is 3. The molecule has 0 fully saturated rings. The molecule has 0 unspecified atom stereocenters. The summed E-state index contributed by atoms with van der Waals surface area (Å²) < 4.78 is 3.64. The van der Waals surface area contributed by atoms with Crippen LogP contribution in [0, 0.1) is 11.6 Å². The van der Waals surface area contributed by atoms with Crippen molar-refractivity contribution in [3.63, 3.8) is 0 Å². The van der Waals surface area contributed by atoms with E-state index < -0.39 is 0 Å². The van der Waals surface area contributed by atoms with E-state index in [9.17, 15) is 0 Å². The van der Waals surface area contributed by atoms with E-state index >= 15 is 0 Å². The van der Waals surface area contributed by atoms with Gasteiger partial charge >= 0.3 is 0 Å². The molecule has 0 spiro atoms. The molecule has 0 atom stereocenters. The lowest BCUT2D eigenvalue weighted by molar-refractivity contribution is 0.288. The number of para-hydroxylation sites is 1. The van der Waals surface area contributed by atoms with Crippen LogP contribution in [0.5, 0.6) is 0 Å². The molecule has 3 N–H and O–H groups in total. The van der Waals surface area contributed by atoms with Gasteiger partial charge < -0.3 is 0 Å². The van der Waals surface area contributed by atoms with Gasteiger partial charge in [0.25, 0.3) is 0 Å². The monoisotopic (exact) mass is 428 g/mol. The Bertz CT molecular complexity index is 1020. The van der Waals surface area contributed by atoms with Crippen LogP contribution in [0.1, 0.15) is 16.7 Å². The van der Waals surface area contributed by atoms with Crippen molar-refractivity contribution < 1.29 is 0 Å². The van der Waals surface area contributed by atoms with E-state index in [0.717, 1.165) is 32.7 Å². The second-order valence-electron chi connectivity index (χ2n) is 5.99. The van der Waals surface area contributed by atoms with Crippen molar-refractivity contribution in [1.29, 1.82) is 0 Å². The maximum absolute atomic E-state index is 5.70. The summed E-state index contributed by atoms with van der Waals surface area (Å²) in [5.41, 5.74) is 10.1. The Labute approximate surface area is 164 Å². The molecule has 1 aliphatic heterocycles. The van der Waals surface area contributed by atoms with Crippen molar-refractivity contribution >= 4 is 34.0 Å². The van der Waals surface area contributed by atoms with Crippen LogP contribution in [0.15, 0.2) is 64.3 Å². The standard InChI is InChI=1S/C18H17BrN6S/c1-12-4-2-3-5-16(12)25-18(26)15(10-20-25)17-21-22-23-24(17)11-13-6-8-14(19)9-7-13/h2-10,20,22-23H,11H2,1H3. The number of hydrogen-bond donors (Lipinski definition) is 3. The molecular formula is C18H17BrN6S. The van der Waals surface area contributed by atoms with Crippen molar-refractivity contribution in [2.24, 2.45) is 5.10 Å². The van der Waals surface area contributed by atoms with Crippen molar-refractivity contribution in [2.75, 3.05) is 0 Å². The number of rotatable bonds is 4. The van der Waals surface area contributed by atoms with Crippen LogP contribution >= 0.6 is 28.1 Å². The first kappa shape index (κ1) is 17.0. The number of aromatic amines is 1. The van der Waals surface area contributed by atoms with E-state index in [4.69, 9.17) is 12.2 Å². The van der Waals surface area contributed by atoms with Crippen LogP contribution in [-0.4, -0.2) is 20.6 Å². The Morgan fingerprint density at radius 3 is 2.65 bits per heavy atom. The fraction of sp³-hybridized carbons (Fsp3) is 0.111. The lowest BCUT2D eigenvalue weighted by Crippen LogP contribution is -2.40. The van der Waals surface area contributed by atoms with Crippen LogP contribution in [0.2, 0.25) is 0 Å². The molecule has 1 aromatic heterocycles. The Balaban J connectivity index is 1.64. The zero-order valence-corrected chi connectivity index (χ0v) is 16.4. The number of aromatic nitrogens is 2. The molecule has 26 heavy (non-hydrogen) atoms. The highest BCUT2D eigenvalue weighted by molar-refractivity contribution is 9.10. The van der Waals surface area contributed by atoms with E-state index in [1.807, 2.05) is 46.2 Å². The summed E-state index contributed by atoms with van der Waals surface area (Å²) in [4.78, 5) is 0. The lowest BCUT2D eigenvalue weighted by Gasteiger charge is -2.18. The fourth-order valence-corrected chi connectivity index (χ4v) is 3.43. The summed E-state index contributed by atoms with van der Waals surface area (Å²) in [6.45, 7) is 2.72. The molecule has 0 radical (unpaired) electrons. The first-order valence-corrected chi connectivity index (χ1v) is 9.31. The molecule has 0 amide bonds. The van der Waals surface area contributed by atoms with Gasteiger partial charge in [0.1, 0.15) is 4.64 Å². The summed E-state index contributed by atoms with van der Waals surface area (Å²) in [7, 11) is 0. The Kier molecular flexibility index (Phi) is 4.62. The van der Waals surface area contributed by atoms with Gasteiger partial charge in [-0.3, -0.25) is 10.1 Å². The minimum absolute atomic E-state index is 0.656. The third-order valence-electron chi connectivity index (χ3n) is 4.23. The largest absolute Gasteiger partial charge is 0.299 e. The van der Waals surface area contributed by atoms with E-state index in [2.05, 4.69) is 62.3 Å². The summed E-state index contributed by atoms with van der Waals surface area (Å²) in [5, 5.41) is 9.54. The van der Waals surface area contributed by atoms with Gasteiger partial charge in [0.15, 0.2) is 5.84 Å². The van der Waals surface area contributed by atoms with Crippen molar-refractivity contribution in [3.05, 3.63) is 80.5 Å². The quantitative estimate of drug-likeness (QED) is 0.553. The molecule has 6 nitrogen and oxygen atoms in total. The molecule has 3 aromatic rings. The Morgan fingerprint density at radius 2 is 1.88 bits per heavy atom. The molecule has 132 valence electrons. The lowest BCUT2D eigenvalue weighted by atomic mass is 10.2. The number of hydrazone groups is 1. The van der Waals surface area contributed by atoms with Gasteiger partial charge in [-0.2, -0.15) is 0 Å². The highest BCUT2D eigenvalue weighted by Gasteiger charge is 2.22. The molecular weight excluding hydrogens is 412 g/mol. The Morgan fingerprint density at radius 1 is 1.12 bits per heavy atom. The van der Waals surface area contributed by atoms with Crippen LogP contribution in [0.25, 0.3) is 5.69 Å². The number of hydrazine groups is 2. The van der Waals surface area contributed by atoms with Crippen LogP contribution in [0.4, 0.5) is 0 Å². The van der Waals surface area contributed by atoms with E-state index in [-0.39, 0.29) is 0 Å². The predicted octanol–water partition coefficient (Wildman–Crippen LogP) is 3.79. The van der Waals surface area contributed by atoms with E-state index in [1.54, 1.807) is 0 Å². The zero-order chi connectivity index (χ0) is 18.1. The number of H-pyrrole nitrogens is 1. The number of aryl methyl sites for hydroxylation is 1. The average molecular weight is 429 g/mol. The Hall–Kier alpha value is -2.42. The predicted molar refractivity (Wildman–Crippen MR) is 108 cm³/mol. The second kappa shape index (κ2) is 7.06. The molecule has 4 rings (SSSR count). The van der Waals surface area contributed by atoms with Crippen LogP contribution in [-0.2, 0) is 6.54 Å². The van der Waals surface area contributed by atoms with E-state index in [0.29, 0.717) is 11.2 Å². The third-order valence-corrected chi connectivity index (χ3v) is 5.16. The molecule has 0 saturated carbocycles. The molecule has 8 heteroatoms. The summed E-state index contributed by atoms with van der Waals surface area (Å²) in [5.74, 6) is 0.751. The minimum Gasteiger partial charge on any atom is -0.299 e. The third kappa shape index (κ3) is 3.18. The molecule has 0 aliphatic carbocycles. The normalized spacial score (nSPS) is 13.6.